The summed E-state index contributed by atoms with van der Waals surface area (Å²) in [5.74, 6) is 0. The lowest BCUT2D eigenvalue weighted by Crippen LogP contribution is -2.05. The van der Waals surface area contributed by atoms with Crippen molar-refractivity contribution >= 4 is 11.8 Å². The summed E-state index contributed by atoms with van der Waals surface area (Å²) in [5.41, 5.74) is 2.03. The molecule has 3 heteroatoms. The van der Waals surface area contributed by atoms with E-state index in [0.29, 0.717) is 6.54 Å². The third-order valence-corrected chi connectivity index (χ3v) is 1.45. The van der Waals surface area contributed by atoms with E-state index in [1.807, 2.05) is 32.2 Å². The highest BCUT2D eigenvalue weighted by Crippen LogP contribution is 2.02. The summed E-state index contributed by atoms with van der Waals surface area (Å²) in [4.78, 5) is 4.29. The summed E-state index contributed by atoms with van der Waals surface area (Å²) in [7, 11) is 1.81. The zero-order chi connectivity index (χ0) is 8.27. The molecule has 0 radical (unpaired) electrons. The Hall–Kier alpha value is -0.600. The third kappa shape index (κ3) is 2.87. The number of hydrogen-bond acceptors (Lipinski definition) is 2. The summed E-state index contributed by atoms with van der Waals surface area (Å²) in [6, 6.07) is 5.92. The number of aromatic nitrogens is 1. The van der Waals surface area contributed by atoms with E-state index in [1.54, 1.807) is 4.42 Å². The standard InChI is InChI=1S/C8H11ClN2/c1-7-4-3-5-8(10-7)6-11(2)9/h3-5H,6H2,1-2H3. The van der Waals surface area contributed by atoms with E-state index in [1.165, 1.54) is 0 Å². The molecule has 0 spiro atoms. The number of halogens is 1. The number of hydrogen-bond donors (Lipinski definition) is 0. The normalized spacial score (nSPS) is 10.5. The van der Waals surface area contributed by atoms with Crippen molar-refractivity contribution in [3.05, 3.63) is 29.6 Å². The van der Waals surface area contributed by atoms with Gasteiger partial charge < -0.3 is 0 Å². The second-order valence-electron chi connectivity index (χ2n) is 2.53. The predicted molar refractivity (Wildman–Crippen MR) is 46.3 cm³/mol. The van der Waals surface area contributed by atoms with Gasteiger partial charge in [0.1, 0.15) is 0 Å². The van der Waals surface area contributed by atoms with Gasteiger partial charge in [-0.3, -0.25) is 4.98 Å². The molecule has 0 saturated heterocycles. The van der Waals surface area contributed by atoms with Gasteiger partial charge in [0, 0.05) is 12.7 Å². The fourth-order valence-corrected chi connectivity index (χ4v) is 1.03. The van der Waals surface area contributed by atoms with Crippen molar-refractivity contribution in [3.8, 4) is 0 Å². The first kappa shape index (κ1) is 8.50. The molecule has 11 heavy (non-hydrogen) atoms. The van der Waals surface area contributed by atoms with E-state index in [2.05, 4.69) is 4.98 Å². The predicted octanol–water partition coefficient (Wildman–Crippen LogP) is 1.98. The molecular weight excluding hydrogens is 160 g/mol. The molecule has 1 aromatic heterocycles. The van der Waals surface area contributed by atoms with Crippen molar-refractivity contribution in [1.82, 2.24) is 9.40 Å². The molecule has 0 saturated carbocycles. The topological polar surface area (TPSA) is 16.1 Å². The van der Waals surface area contributed by atoms with Crippen LogP contribution < -0.4 is 0 Å². The minimum absolute atomic E-state index is 0.684. The maximum atomic E-state index is 5.66. The van der Waals surface area contributed by atoms with Crippen LogP contribution in [0.4, 0.5) is 0 Å². The van der Waals surface area contributed by atoms with Crippen LogP contribution in [0.5, 0.6) is 0 Å². The second kappa shape index (κ2) is 3.69. The lowest BCUT2D eigenvalue weighted by atomic mass is 10.3. The van der Waals surface area contributed by atoms with Gasteiger partial charge in [-0.1, -0.05) is 6.07 Å². The monoisotopic (exact) mass is 170 g/mol. The summed E-state index contributed by atoms with van der Waals surface area (Å²) in [5, 5.41) is 0. The van der Waals surface area contributed by atoms with Crippen molar-refractivity contribution in [2.24, 2.45) is 0 Å². The van der Waals surface area contributed by atoms with E-state index in [9.17, 15) is 0 Å². The molecule has 1 rings (SSSR count). The molecule has 0 unspecified atom stereocenters. The van der Waals surface area contributed by atoms with E-state index in [0.717, 1.165) is 11.4 Å². The molecule has 2 nitrogen and oxygen atoms in total. The molecule has 0 bridgehead atoms. The van der Waals surface area contributed by atoms with Gasteiger partial charge in [0.2, 0.25) is 0 Å². The molecule has 0 atom stereocenters. The highest BCUT2D eigenvalue weighted by Gasteiger charge is 1.96. The Bertz CT molecular complexity index is 235. The molecule has 0 N–H and O–H groups in total. The lowest BCUT2D eigenvalue weighted by molar-refractivity contribution is 0.535. The summed E-state index contributed by atoms with van der Waals surface area (Å²) in [6.45, 7) is 2.65. The maximum absolute atomic E-state index is 5.66. The number of aryl methyl sites for hydroxylation is 1. The first-order valence-electron chi connectivity index (χ1n) is 3.48. The lowest BCUT2D eigenvalue weighted by Gasteiger charge is -2.05. The summed E-state index contributed by atoms with van der Waals surface area (Å²) < 4.78 is 1.59. The van der Waals surface area contributed by atoms with Gasteiger partial charge in [-0.15, -0.1) is 0 Å². The zero-order valence-corrected chi connectivity index (χ0v) is 7.47. The number of pyridine rings is 1. The molecule has 60 valence electrons. The highest BCUT2D eigenvalue weighted by atomic mass is 35.5. The second-order valence-corrected chi connectivity index (χ2v) is 3.11. The molecule has 0 aliphatic carbocycles. The van der Waals surface area contributed by atoms with Crippen molar-refractivity contribution in [1.29, 1.82) is 0 Å². The first-order valence-corrected chi connectivity index (χ1v) is 3.82. The third-order valence-electron chi connectivity index (χ3n) is 1.33. The van der Waals surface area contributed by atoms with Crippen LogP contribution in [0.3, 0.4) is 0 Å². The van der Waals surface area contributed by atoms with E-state index < -0.39 is 0 Å². The number of rotatable bonds is 2. The van der Waals surface area contributed by atoms with Crippen LogP contribution in [0.25, 0.3) is 0 Å². The van der Waals surface area contributed by atoms with E-state index in [4.69, 9.17) is 11.8 Å². The van der Waals surface area contributed by atoms with Gasteiger partial charge >= 0.3 is 0 Å². The minimum Gasteiger partial charge on any atom is -0.257 e. The van der Waals surface area contributed by atoms with Gasteiger partial charge in [0.25, 0.3) is 0 Å². The average molecular weight is 171 g/mol. The van der Waals surface area contributed by atoms with Gasteiger partial charge in [-0.2, -0.15) is 0 Å². The Kier molecular flexibility index (Phi) is 2.85. The van der Waals surface area contributed by atoms with E-state index >= 15 is 0 Å². The van der Waals surface area contributed by atoms with Crippen LogP contribution in [-0.2, 0) is 6.54 Å². The number of nitrogens with zero attached hydrogens (tertiary/aromatic N) is 2. The molecule has 0 fully saturated rings. The quantitative estimate of drug-likeness (QED) is 0.631. The average Bonchev–Trinajstić information content (AvgIpc) is 1.85. The van der Waals surface area contributed by atoms with Crippen LogP contribution in [0.2, 0.25) is 0 Å². The smallest absolute Gasteiger partial charge is 0.0560 e. The van der Waals surface area contributed by atoms with Gasteiger partial charge in [-0.25, -0.2) is 4.42 Å². The highest BCUT2D eigenvalue weighted by molar-refractivity contribution is 6.13. The van der Waals surface area contributed by atoms with Crippen LogP contribution in [-0.4, -0.2) is 16.5 Å². The summed E-state index contributed by atoms with van der Waals surface area (Å²) >= 11 is 5.66. The van der Waals surface area contributed by atoms with Crippen molar-refractivity contribution in [3.63, 3.8) is 0 Å². The molecule has 0 aliphatic rings. The Morgan fingerprint density at radius 1 is 1.55 bits per heavy atom. The Balaban J connectivity index is 2.71. The van der Waals surface area contributed by atoms with Crippen molar-refractivity contribution in [2.75, 3.05) is 7.05 Å². The molecule has 0 aromatic carbocycles. The molecule has 1 aromatic rings. The van der Waals surface area contributed by atoms with Crippen LogP contribution >= 0.6 is 11.8 Å². The van der Waals surface area contributed by atoms with Gasteiger partial charge in [0.05, 0.1) is 12.2 Å². The molecular formula is C8H11ClN2. The van der Waals surface area contributed by atoms with Crippen LogP contribution in [0.1, 0.15) is 11.4 Å². The summed E-state index contributed by atoms with van der Waals surface area (Å²) in [6.07, 6.45) is 0. The maximum Gasteiger partial charge on any atom is 0.0560 e. The Morgan fingerprint density at radius 2 is 2.27 bits per heavy atom. The molecule has 0 amide bonds. The van der Waals surface area contributed by atoms with Crippen LogP contribution in [0, 0.1) is 6.92 Å². The zero-order valence-electron chi connectivity index (χ0n) is 6.71. The fourth-order valence-electron chi connectivity index (χ4n) is 0.911. The van der Waals surface area contributed by atoms with Gasteiger partial charge in [-0.05, 0) is 30.8 Å². The first-order chi connectivity index (χ1) is 5.18. The SMILES string of the molecule is Cc1cccc(CN(C)Cl)n1. The fraction of sp³-hybridized carbons (Fsp3) is 0.375. The van der Waals surface area contributed by atoms with E-state index in [-0.39, 0.29) is 0 Å². The minimum atomic E-state index is 0.684. The molecule has 1 heterocycles. The molecule has 0 aliphatic heterocycles. The van der Waals surface area contributed by atoms with Crippen molar-refractivity contribution in [2.45, 2.75) is 13.5 Å². The Labute approximate surface area is 71.9 Å². The van der Waals surface area contributed by atoms with Crippen molar-refractivity contribution < 1.29 is 0 Å². The van der Waals surface area contributed by atoms with Gasteiger partial charge in [0.15, 0.2) is 0 Å². The largest absolute Gasteiger partial charge is 0.257 e. The van der Waals surface area contributed by atoms with Crippen LogP contribution in [0.15, 0.2) is 18.2 Å². The Morgan fingerprint density at radius 3 is 2.82 bits per heavy atom.